The average molecular weight is 514 g/mol. The van der Waals surface area contributed by atoms with Crippen molar-refractivity contribution in [1.29, 1.82) is 0 Å². The molecule has 4 aromatic carbocycles. The van der Waals surface area contributed by atoms with Gasteiger partial charge in [-0.05, 0) is 79.1 Å². The van der Waals surface area contributed by atoms with E-state index in [1.807, 2.05) is 68.4 Å². The number of hydrogen-bond acceptors (Lipinski definition) is 5. The summed E-state index contributed by atoms with van der Waals surface area (Å²) in [5, 5.41) is 4.21. The first-order valence-electron chi connectivity index (χ1n) is 11.7. The van der Waals surface area contributed by atoms with Crippen LogP contribution in [-0.2, 0) is 10.0 Å². The molecule has 1 amide bonds. The molecule has 0 fully saturated rings. The summed E-state index contributed by atoms with van der Waals surface area (Å²) < 4.78 is 33.2. The molecule has 4 rings (SSSR count). The van der Waals surface area contributed by atoms with Crippen molar-refractivity contribution in [2.45, 2.75) is 18.7 Å². The Balaban J connectivity index is 1.37. The lowest BCUT2D eigenvalue weighted by molar-refractivity contribution is 0.0955. The minimum Gasteiger partial charge on any atom is -0.494 e. The standard InChI is InChI=1S/C29H27N3O4S/c1-3-36-27-17-19-28(20-18-27)37(34,35)32-26-15-13-25(14-16-26)29(33)31-30-21(2)22-9-11-24(12-10-22)23-7-5-4-6-8-23/h4-20,32H,3H2,1-2H3,(H,31,33). The Morgan fingerprint density at radius 3 is 2.00 bits per heavy atom. The van der Waals surface area contributed by atoms with E-state index >= 15 is 0 Å². The Kier molecular flexibility index (Phi) is 8.00. The molecule has 0 saturated carbocycles. The number of carbonyl (C=O) groups is 1. The molecule has 0 heterocycles. The van der Waals surface area contributed by atoms with Crippen LogP contribution in [0.2, 0.25) is 0 Å². The number of sulfonamides is 1. The summed E-state index contributed by atoms with van der Waals surface area (Å²) in [6.07, 6.45) is 0. The topological polar surface area (TPSA) is 96.9 Å². The van der Waals surface area contributed by atoms with Crippen molar-refractivity contribution >= 4 is 27.3 Å². The zero-order chi connectivity index (χ0) is 26.3. The van der Waals surface area contributed by atoms with E-state index in [0.29, 0.717) is 29.3 Å². The number of nitrogens with zero attached hydrogens (tertiary/aromatic N) is 1. The molecule has 8 heteroatoms. The van der Waals surface area contributed by atoms with Gasteiger partial charge in [0.05, 0.1) is 17.2 Å². The van der Waals surface area contributed by atoms with Gasteiger partial charge >= 0.3 is 0 Å². The maximum Gasteiger partial charge on any atom is 0.271 e. The number of rotatable bonds is 9. The van der Waals surface area contributed by atoms with E-state index in [2.05, 4.69) is 15.2 Å². The van der Waals surface area contributed by atoms with E-state index in [0.717, 1.165) is 16.7 Å². The molecule has 0 bridgehead atoms. The van der Waals surface area contributed by atoms with Gasteiger partial charge in [-0.3, -0.25) is 9.52 Å². The third-order valence-electron chi connectivity index (χ3n) is 5.58. The van der Waals surface area contributed by atoms with Crippen LogP contribution in [0.25, 0.3) is 11.1 Å². The third kappa shape index (κ3) is 6.62. The quantitative estimate of drug-likeness (QED) is 0.221. The maximum atomic E-state index is 12.7. The predicted octanol–water partition coefficient (Wildman–Crippen LogP) is 5.71. The zero-order valence-electron chi connectivity index (χ0n) is 20.5. The molecule has 0 aliphatic carbocycles. The van der Waals surface area contributed by atoms with Gasteiger partial charge < -0.3 is 4.74 Å². The largest absolute Gasteiger partial charge is 0.494 e. The van der Waals surface area contributed by atoms with Crippen LogP contribution in [0.1, 0.15) is 29.8 Å². The molecule has 0 aromatic heterocycles. The number of hydrazone groups is 1. The minimum atomic E-state index is -3.78. The Labute approximate surface area is 216 Å². The molecule has 0 unspecified atom stereocenters. The average Bonchev–Trinajstić information content (AvgIpc) is 2.93. The molecule has 0 radical (unpaired) electrons. The van der Waals surface area contributed by atoms with Gasteiger partial charge in [0.25, 0.3) is 15.9 Å². The zero-order valence-corrected chi connectivity index (χ0v) is 21.3. The highest BCUT2D eigenvalue weighted by Gasteiger charge is 2.15. The number of carbonyl (C=O) groups excluding carboxylic acids is 1. The summed E-state index contributed by atoms with van der Waals surface area (Å²) in [5.41, 5.74) is 7.01. The smallest absolute Gasteiger partial charge is 0.271 e. The van der Waals surface area contributed by atoms with Gasteiger partial charge in [0.1, 0.15) is 5.75 Å². The number of anilines is 1. The molecule has 7 nitrogen and oxygen atoms in total. The van der Waals surface area contributed by atoms with Crippen molar-refractivity contribution in [2.24, 2.45) is 5.10 Å². The van der Waals surface area contributed by atoms with Crippen LogP contribution in [0.15, 0.2) is 113 Å². The third-order valence-corrected chi connectivity index (χ3v) is 6.98. The van der Waals surface area contributed by atoms with E-state index in [1.165, 1.54) is 36.4 Å². The highest BCUT2D eigenvalue weighted by molar-refractivity contribution is 7.92. The molecule has 2 N–H and O–H groups in total. The van der Waals surface area contributed by atoms with E-state index in [1.54, 1.807) is 12.1 Å². The summed E-state index contributed by atoms with van der Waals surface area (Å²) in [6, 6.07) is 30.3. The lowest BCUT2D eigenvalue weighted by Gasteiger charge is -2.10. The Morgan fingerprint density at radius 2 is 1.38 bits per heavy atom. The van der Waals surface area contributed by atoms with Gasteiger partial charge in [-0.25, -0.2) is 13.8 Å². The summed E-state index contributed by atoms with van der Waals surface area (Å²) in [4.78, 5) is 12.7. The van der Waals surface area contributed by atoms with Crippen LogP contribution < -0.4 is 14.9 Å². The molecular formula is C29H27N3O4S. The molecule has 0 spiro atoms. The predicted molar refractivity (Wildman–Crippen MR) is 146 cm³/mol. The van der Waals surface area contributed by atoms with Crippen molar-refractivity contribution in [3.8, 4) is 16.9 Å². The van der Waals surface area contributed by atoms with E-state index in [-0.39, 0.29) is 4.90 Å². The van der Waals surface area contributed by atoms with Crippen LogP contribution in [-0.4, -0.2) is 26.6 Å². The van der Waals surface area contributed by atoms with E-state index in [9.17, 15) is 13.2 Å². The van der Waals surface area contributed by atoms with Crippen molar-refractivity contribution in [3.63, 3.8) is 0 Å². The number of benzene rings is 4. The van der Waals surface area contributed by atoms with Crippen LogP contribution in [0.4, 0.5) is 5.69 Å². The second-order valence-electron chi connectivity index (χ2n) is 8.17. The number of ether oxygens (including phenoxy) is 1. The normalized spacial score (nSPS) is 11.6. The van der Waals surface area contributed by atoms with Crippen molar-refractivity contribution in [3.05, 3.63) is 114 Å². The molecular weight excluding hydrogens is 486 g/mol. The molecule has 0 saturated heterocycles. The molecule has 188 valence electrons. The van der Waals surface area contributed by atoms with Gasteiger partial charge in [0.2, 0.25) is 0 Å². The first-order valence-corrected chi connectivity index (χ1v) is 13.2. The fraction of sp³-hybridized carbons (Fsp3) is 0.103. The van der Waals surface area contributed by atoms with Crippen molar-refractivity contribution < 1.29 is 17.9 Å². The Hall–Kier alpha value is -4.43. The van der Waals surface area contributed by atoms with Crippen LogP contribution in [0.3, 0.4) is 0 Å². The highest BCUT2D eigenvalue weighted by atomic mass is 32.2. The number of hydrogen-bond donors (Lipinski definition) is 2. The fourth-order valence-electron chi connectivity index (χ4n) is 3.58. The van der Waals surface area contributed by atoms with Gasteiger partial charge in [0, 0.05) is 11.3 Å². The lowest BCUT2D eigenvalue weighted by atomic mass is 10.0. The van der Waals surface area contributed by atoms with E-state index in [4.69, 9.17) is 4.74 Å². The number of nitrogens with one attached hydrogen (secondary N) is 2. The first-order chi connectivity index (χ1) is 17.9. The van der Waals surface area contributed by atoms with Gasteiger partial charge in [0.15, 0.2) is 0 Å². The Bertz CT molecular complexity index is 1480. The lowest BCUT2D eigenvalue weighted by Crippen LogP contribution is -2.19. The molecule has 37 heavy (non-hydrogen) atoms. The molecule has 0 aliphatic rings. The maximum absolute atomic E-state index is 12.7. The summed E-state index contributed by atoms with van der Waals surface area (Å²) in [5.74, 6) is 0.195. The summed E-state index contributed by atoms with van der Waals surface area (Å²) in [7, 11) is -3.78. The molecule has 0 aliphatic heterocycles. The fourth-order valence-corrected chi connectivity index (χ4v) is 4.64. The summed E-state index contributed by atoms with van der Waals surface area (Å²) >= 11 is 0. The van der Waals surface area contributed by atoms with Crippen LogP contribution in [0, 0.1) is 0 Å². The van der Waals surface area contributed by atoms with E-state index < -0.39 is 15.9 Å². The monoisotopic (exact) mass is 513 g/mol. The second kappa shape index (κ2) is 11.5. The van der Waals surface area contributed by atoms with Gasteiger partial charge in [-0.1, -0.05) is 54.6 Å². The van der Waals surface area contributed by atoms with Gasteiger partial charge in [-0.15, -0.1) is 0 Å². The SMILES string of the molecule is CCOc1ccc(S(=O)(=O)Nc2ccc(C(=O)NN=C(C)c3ccc(-c4ccccc4)cc3)cc2)cc1. The van der Waals surface area contributed by atoms with Crippen LogP contribution >= 0.6 is 0 Å². The molecule has 0 atom stereocenters. The number of amides is 1. The Morgan fingerprint density at radius 1 is 0.784 bits per heavy atom. The highest BCUT2D eigenvalue weighted by Crippen LogP contribution is 2.21. The van der Waals surface area contributed by atoms with Crippen molar-refractivity contribution in [2.75, 3.05) is 11.3 Å². The first kappa shape index (κ1) is 25.7. The van der Waals surface area contributed by atoms with Crippen LogP contribution in [0.5, 0.6) is 5.75 Å². The summed E-state index contributed by atoms with van der Waals surface area (Å²) in [6.45, 7) is 4.17. The minimum absolute atomic E-state index is 0.111. The van der Waals surface area contributed by atoms with Crippen molar-refractivity contribution in [1.82, 2.24) is 5.43 Å². The molecule has 4 aromatic rings. The second-order valence-corrected chi connectivity index (χ2v) is 9.85. The van der Waals surface area contributed by atoms with Gasteiger partial charge in [-0.2, -0.15) is 5.10 Å².